The summed E-state index contributed by atoms with van der Waals surface area (Å²) in [6.07, 6.45) is 0. The van der Waals surface area contributed by atoms with E-state index in [-0.39, 0.29) is 7.92 Å². The molecule has 0 atom stereocenters. The molecule has 0 heterocycles. The van der Waals surface area contributed by atoms with Crippen molar-refractivity contribution < 1.29 is 8.78 Å². The highest BCUT2D eigenvalue weighted by Crippen LogP contribution is 2.33. The van der Waals surface area contributed by atoms with Crippen LogP contribution in [0.1, 0.15) is 5.56 Å². The number of halogens is 2. The van der Waals surface area contributed by atoms with E-state index in [4.69, 9.17) is 0 Å². The van der Waals surface area contributed by atoms with Gasteiger partial charge in [-0.15, -0.1) is 0 Å². The van der Waals surface area contributed by atoms with Crippen LogP contribution in [0.25, 0.3) is 11.1 Å². The maximum atomic E-state index is 14.0. The predicted octanol–water partition coefficient (Wildman–Crippen LogP) is 4.31. The quantitative estimate of drug-likeness (QED) is 0.709. The van der Waals surface area contributed by atoms with Crippen molar-refractivity contribution in [1.82, 2.24) is 0 Å². The van der Waals surface area contributed by atoms with Gasteiger partial charge in [-0.1, -0.05) is 44.3 Å². The molecule has 0 nitrogen and oxygen atoms in total. The Hall–Kier alpha value is -1.27. The fourth-order valence-corrected chi connectivity index (χ4v) is 3.01. The molecule has 0 aromatic heterocycles. The minimum Gasteiger partial charge on any atom is -0.203 e. The molecule has 0 radical (unpaired) electrons. The molecule has 18 heavy (non-hydrogen) atoms. The van der Waals surface area contributed by atoms with Crippen LogP contribution in [0.3, 0.4) is 0 Å². The standard InChI is InChI=1S/C15H15F2P/c1-10-8-9-12(15(17)14(10)16)11-6-4-5-7-13(11)18(2)3/h4-9H,1-3H3. The summed E-state index contributed by atoms with van der Waals surface area (Å²) in [4.78, 5) is 0. The molecule has 0 aliphatic carbocycles. The monoisotopic (exact) mass is 264 g/mol. The van der Waals surface area contributed by atoms with Crippen molar-refractivity contribution in [1.29, 1.82) is 0 Å². The Kier molecular flexibility index (Phi) is 3.77. The van der Waals surface area contributed by atoms with Gasteiger partial charge in [0.25, 0.3) is 0 Å². The van der Waals surface area contributed by atoms with Gasteiger partial charge in [0.2, 0.25) is 0 Å². The zero-order valence-electron chi connectivity index (χ0n) is 10.7. The van der Waals surface area contributed by atoms with Gasteiger partial charge in [0.1, 0.15) is 0 Å². The van der Waals surface area contributed by atoms with Gasteiger partial charge in [0.05, 0.1) is 0 Å². The van der Waals surface area contributed by atoms with E-state index in [0.717, 1.165) is 10.9 Å². The van der Waals surface area contributed by atoms with Gasteiger partial charge in [-0.05, 0) is 36.7 Å². The maximum Gasteiger partial charge on any atom is 0.166 e. The molecule has 0 spiro atoms. The summed E-state index contributed by atoms with van der Waals surface area (Å²) in [6, 6.07) is 10.9. The Labute approximate surface area is 107 Å². The Bertz CT molecular complexity index is 577. The first kappa shape index (κ1) is 13.2. The highest BCUT2D eigenvalue weighted by molar-refractivity contribution is 7.64. The lowest BCUT2D eigenvalue weighted by atomic mass is 10.0. The van der Waals surface area contributed by atoms with Crippen molar-refractivity contribution in [3.05, 3.63) is 53.6 Å². The van der Waals surface area contributed by atoms with Crippen LogP contribution in [0.5, 0.6) is 0 Å². The second-order valence-corrected chi connectivity index (χ2v) is 6.74. The molecule has 0 bridgehead atoms. The largest absolute Gasteiger partial charge is 0.203 e. The minimum absolute atomic E-state index is 0.337. The Morgan fingerprint density at radius 1 is 0.833 bits per heavy atom. The number of hydrogen-bond acceptors (Lipinski definition) is 0. The van der Waals surface area contributed by atoms with Crippen LogP contribution in [-0.4, -0.2) is 13.3 Å². The van der Waals surface area contributed by atoms with Gasteiger partial charge >= 0.3 is 0 Å². The van der Waals surface area contributed by atoms with Crippen molar-refractivity contribution in [2.45, 2.75) is 6.92 Å². The molecule has 0 N–H and O–H groups in total. The molecule has 2 aromatic carbocycles. The van der Waals surface area contributed by atoms with E-state index in [2.05, 4.69) is 13.3 Å². The lowest BCUT2D eigenvalue weighted by Crippen LogP contribution is -2.05. The molecule has 2 rings (SSSR count). The van der Waals surface area contributed by atoms with Crippen molar-refractivity contribution in [3.8, 4) is 11.1 Å². The van der Waals surface area contributed by atoms with Crippen molar-refractivity contribution in [2.24, 2.45) is 0 Å². The second kappa shape index (κ2) is 5.16. The average Bonchev–Trinajstić information content (AvgIpc) is 2.36. The molecule has 94 valence electrons. The van der Waals surface area contributed by atoms with E-state index in [9.17, 15) is 8.78 Å². The molecular weight excluding hydrogens is 249 g/mol. The Balaban J connectivity index is 2.66. The highest BCUT2D eigenvalue weighted by atomic mass is 31.1. The molecule has 0 unspecified atom stereocenters. The second-order valence-electron chi connectivity index (χ2n) is 4.47. The summed E-state index contributed by atoms with van der Waals surface area (Å²) in [7, 11) is -0.359. The first-order valence-corrected chi connectivity index (χ1v) is 7.97. The van der Waals surface area contributed by atoms with Crippen LogP contribution in [0, 0.1) is 18.6 Å². The van der Waals surface area contributed by atoms with Gasteiger partial charge in [0, 0.05) is 5.56 Å². The molecule has 3 heteroatoms. The lowest BCUT2D eigenvalue weighted by Gasteiger charge is -2.14. The smallest absolute Gasteiger partial charge is 0.166 e. The van der Waals surface area contributed by atoms with E-state index < -0.39 is 11.6 Å². The van der Waals surface area contributed by atoms with Crippen LogP contribution in [-0.2, 0) is 0 Å². The van der Waals surface area contributed by atoms with Crippen LogP contribution in [0.15, 0.2) is 36.4 Å². The first-order chi connectivity index (χ1) is 8.52. The Morgan fingerprint density at radius 3 is 2.17 bits per heavy atom. The zero-order chi connectivity index (χ0) is 13.3. The topological polar surface area (TPSA) is 0 Å². The molecule has 0 aliphatic heterocycles. The van der Waals surface area contributed by atoms with Crippen LogP contribution < -0.4 is 5.30 Å². The zero-order valence-corrected chi connectivity index (χ0v) is 11.6. The van der Waals surface area contributed by atoms with E-state index in [1.165, 1.54) is 0 Å². The van der Waals surface area contributed by atoms with E-state index in [1.54, 1.807) is 19.1 Å². The van der Waals surface area contributed by atoms with Gasteiger partial charge in [-0.3, -0.25) is 0 Å². The SMILES string of the molecule is Cc1ccc(-c2ccccc2P(C)C)c(F)c1F. The van der Waals surface area contributed by atoms with Crippen molar-refractivity contribution >= 4 is 13.2 Å². The van der Waals surface area contributed by atoms with Crippen molar-refractivity contribution in [3.63, 3.8) is 0 Å². The minimum atomic E-state index is -0.751. The third kappa shape index (κ3) is 2.30. The molecule has 0 amide bonds. The van der Waals surface area contributed by atoms with Crippen LogP contribution in [0.4, 0.5) is 8.78 Å². The third-order valence-corrected chi connectivity index (χ3v) is 4.31. The van der Waals surface area contributed by atoms with Crippen molar-refractivity contribution in [2.75, 3.05) is 13.3 Å². The maximum absolute atomic E-state index is 14.0. The molecule has 0 aliphatic rings. The summed E-state index contributed by atoms with van der Waals surface area (Å²) >= 11 is 0. The summed E-state index contributed by atoms with van der Waals surface area (Å²) in [5, 5.41) is 1.09. The van der Waals surface area contributed by atoms with Gasteiger partial charge in [-0.25, -0.2) is 8.78 Å². The molecule has 0 saturated carbocycles. The number of aryl methyl sites for hydroxylation is 1. The fraction of sp³-hybridized carbons (Fsp3) is 0.200. The highest BCUT2D eigenvalue weighted by Gasteiger charge is 2.15. The fourth-order valence-electron chi connectivity index (χ4n) is 1.95. The lowest BCUT2D eigenvalue weighted by molar-refractivity contribution is 0.505. The Morgan fingerprint density at radius 2 is 1.50 bits per heavy atom. The molecule has 0 saturated heterocycles. The summed E-state index contributed by atoms with van der Waals surface area (Å²) in [5.41, 5.74) is 1.49. The summed E-state index contributed by atoms with van der Waals surface area (Å²) < 4.78 is 27.7. The number of rotatable bonds is 2. The number of benzene rings is 2. The first-order valence-electron chi connectivity index (χ1n) is 5.73. The van der Waals surface area contributed by atoms with Gasteiger partial charge in [-0.2, -0.15) is 0 Å². The molecule has 0 fully saturated rings. The predicted molar refractivity (Wildman–Crippen MR) is 74.9 cm³/mol. The summed E-state index contributed by atoms with van der Waals surface area (Å²) in [5.74, 6) is -1.50. The van der Waals surface area contributed by atoms with E-state index in [0.29, 0.717) is 11.1 Å². The molecule has 2 aromatic rings. The van der Waals surface area contributed by atoms with E-state index in [1.807, 2.05) is 24.3 Å². The normalized spacial score (nSPS) is 11.0. The average molecular weight is 264 g/mol. The third-order valence-electron chi connectivity index (χ3n) is 2.95. The molecular formula is C15H15F2P. The van der Waals surface area contributed by atoms with E-state index >= 15 is 0 Å². The van der Waals surface area contributed by atoms with Gasteiger partial charge in [0.15, 0.2) is 11.6 Å². The van der Waals surface area contributed by atoms with Crippen LogP contribution in [0.2, 0.25) is 0 Å². The number of hydrogen-bond donors (Lipinski definition) is 0. The summed E-state index contributed by atoms with van der Waals surface area (Å²) in [6.45, 7) is 5.79. The van der Waals surface area contributed by atoms with Crippen LogP contribution >= 0.6 is 7.92 Å². The van der Waals surface area contributed by atoms with Gasteiger partial charge < -0.3 is 0 Å².